The Labute approximate surface area is 143 Å². The molecule has 1 aromatic heterocycles. The molecule has 0 N–H and O–H groups in total. The Bertz CT molecular complexity index is 608. The number of amides is 2. The molecule has 1 aromatic rings. The lowest BCUT2D eigenvalue weighted by Crippen LogP contribution is -2.52. The number of imidazole rings is 1. The number of allylic oxidation sites excluding steroid dienone is 2. The molecule has 1 aliphatic rings. The van der Waals surface area contributed by atoms with Crippen LogP contribution in [-0.4, -0.2) is 50.8 Å². The van der Waals surface area contributed by atoms with E-state index in [4.69, 9.17) is 0 Å². The van der Waals surface area contributed by atoms with E-state index in [1.54, 1.807) is 18.3 Å². The van der Waals surface area contributed by atoms with Gasteiger partial charge in [-0.2, -0.15) is 0 Å². The van der Waals surface area contributed by atoms with Gasteiger partial charge >= 0.3 is 0 Å². The summed E-state index contributed by atoms with van der Waals surface area (Å²) < 4.78 is 1.91. The van der Waals surface area contributed by atoms with Gasteiger partial charge in [0.15, 0.2) is 0 Å². The average molecular weight is 330 g/mol. The van der Waals surface area contributed by atoms with Crippen LogP contribution in [0.15, 0.2) is 37.7 Å². The molecular weight excluding hydrogens is 304 g/mol. The van der Waals surface area contributed by atoms with Crippen molar-refractivity contribution in [2.45, 2.75) is 31.7 Å². The number of hydrogen-bond donors (Lipinski definition) is 0. The van der Waals surface area contributed by atoms with Crippen molar-refractivity contribution < 1.29 is 9.59 Å². The fraction of sp³-hybridized carbons (Fsp3) is 0.500. The molecule has 1 atom stereocenters. The number of hydrogen-bond acceptors (Lipinski definition) is 3. The largest absolute Gasteiger partial charge is 0.338 e. The molecule has 0 aromatic carbocycles. The van der Waals surface area contributed by atoms with E-state index in [-0.39, 0.29) is 17.9 Å². The number of piperazine rings is 1. The third-order valence-corrected chi connectivity index (χ3v) is 4.33. The molecule has 0 bridgehead atoms. The zero-order valence-electron chi connectivity index (χ0n) is 14.4. The van der Waals surface area contributed by atoms with Crippen molar-refractivity contribution in [3.05, 3.63) is 43.5 Å². The van der Waals surface area contributed by atoms with Crippen LogP contribution in [0, 0.1) is 0 Å². The van der Waals surface area contributed by atoms with Crippen molar-refractivity contribution in [2.24, 2.45) is 7.05 Å². The Hall–Kier alpha value is -2.37. The minimum absolute atomic E-state index is 0.0843. The first kappa shape index (κ1) is 18.0. The second-order valence-electron chi connectivity index (χ2n) is 5.99. The van der Waals surface area contributed by atoms with E-state index in [1.807, 2.05) is 27.6 Å². The van der Waals surface area contributed by atoms with Crippen LogP contribution in [0.2, 0.25) is 0 Å². The second kappa shape index (κ2) is 8.47. The highest BCUT2D eigenvalue weighted by Gasteiger charge is 2.34. The molecule has 2 amide bonds. The molecule has 0 aliphatic carbocycles. The lowest BCUT2D eigenvalue weighted by Gasteiger charge is -2.41. The van der Waals surface area contributed by atoms with Gasteiger partial charge in [-0.25, -0.2) is 4.98 Å². The SMILES string of the molecule is C=CCCC(=O)N1CCN(C(=O)CCC=C)C(c2nccn2C)C1. The summed E-state index contributed by atoms with van der Waals surface area (Å²) in [5, 5.41) is 0. The summed E-state index contributed by atoms with van der Waals surface area (Å²) in [5.41, 5.74) is 0. The van der Waals surface area contributed by atoms with Crippen molar-refractivity contribution >= 4 is 11.8 Å². The maximum absolute atomic E-state index is 12.5. The first-order valence-electron chi connectivity index (χ1n) is 8.34. The van der Waals surface area contributed by atoms with E-state index in [0.29, 0.717) is 45.3 Å². The minimum Gasteiger partial charge on any atom is -0.338 e. The van der Waals surface area contributed by atoms with Gasteiger partial charge in [-0.05, 0) is 12.8 Å². The van der Waals surface area contributed by atoms with Crippen molar-refractivity contribution in [3.8, 4) is 0 Å². The van der Waals surface area contributed by atoms with Crippen LogP contribution in [0.4, 0.5) is 0 Å². The van der Waals surface area contributed by atoms with Crippen LogP contribution in [-0.2, 0) is 16.6 Å². The molecule has 2 rings (SSSR count). The van der Waals surface area contributed by atoms with E-state index in [1.165, 1.54) is 0 Å². The molecular formula is C18H26N4O2. The summed E-state index contributed by atoms with van der Waals surface area (Å²) in [5.74, 6) is 0.997. The van der Waals surface area contributed by atoms with E-state index in [2.05, 4.69) is 18.1 Å². The summed E-state index contributed by atoms with van der Waals surface area (Å²) in [4.78, 5) is 33.0. The quantitative estimate of drug-likeness (QED) is 0.719. The maximum atomic E-state index is 12.5. The van der Waals surface area contributed by atoms with Gasteiger partial charge in [-0.15, -0.1) is 13.2 Å². The number of aromatic nitrogens is 2. The topological polar surface area (TPSA) is 58.4 Å². The second-order valence-corrected chi connectivity index (χ2v) is 5.99. The predicted molar refractivity (Wildman–Crippen MR) is 93.1 cm³/mol. The molecule has 0 spiro atoms. The maximum Gasteiger partial charge on any atom is 0.223 e. The molecule has 1 fully saturated rings. The standard InChI is InChI=1S/C18H26N4O2/c1-4-6-8-16(23)21-12-13-22(17(24)9-7-5-2)15(14-21)18-19-10-11-20(18)3/h4-5,10-11,15H,1-2,6-9,12-14H2,3H3. The predicted octanol–water partition coefficient (Wildman–Crippen LogP) is 2.06. The number of carbonyl (C=O) groups excluding carboxylic acids is 2. The highest BCUT2D eigenvalue weighted by Crippen LogP contribution is 2.25. The molecule has 6 nitrogen and oxygen atoms in total. The zero-order valence-corrected chi connectivity index (χ0v) is 14.4. The molecule has 1 saturated heterocycles. The van der Waals surface area contributed by atoms with Crippen LogP contribution in [0.25, 0.3) is 0 Å². The average Bonchev–Trinajstić information content (AvgIpc) is 3.02. The summed E-state index contributed by atoms with van der Waals surface area (Å²) in [6.07, 6.45) is 9.32. The van der Waals surface area contributed by atoms with Crippen LogP contribution in [0.3, 0.4) is 0 Å². The highest BCUT2D eigenvalue weighted by atomic mass is 16.2. The Morgan fingerprint density at radius 2 is 1.88 bits per heavy atom. The van der Waals surface area contributed by atoms with Gasteiger partial charge in [0.2, 0.25) is 11.8 Å². The Kier molecular flexibility index (Phi) is 6.35. The fourth-order valence-electron chi connectivity index (χ4n) is 2.98. The number of aryl methyl sites for hydroxylation is 1. The summed E-state index contributed by atoms with van der Waals surface area (Å²) in [7, 11) is 1.91. The lowest BCUT2D eigenvalue weighted by atomic mass is 10.1. The molecule has 1 unspecified atom stereocenters. The Morgan fingerprint density at radius 3 is 2.46 bits per heavy atom. The van der Waals surface area contributed by atoms with Crippen molar-refractivity contribution in [1.29, 1.82) is 0 Å². The molecule has 1 aliphatic heterocycles. The highest BCUT2D eigenvalue weighted by molar-refractivity contribution is 5.79. The normalized spacial score (nSPS) is 17.6. The molecule has 6 heteroatoms. The van der Waals surface area contributed by atoms with Crippen LogP contribution in [0.5, 0.6) is 0 Å². The van der Waals surface area contributed by atoms with Crippen LogP contribution >= 0.6 is 0 Å². The van der Waals surface area contributed by atoms with Crippen LogP contribution in [0.1, 0.15) is 37.5 Å². The van der Waals surface area contributed by atoms with Gasteiger partial charge in [0, 0.05) is 51.9 Å². The number of rotatable bonds is 7. The summed E-state index contributed by atoms with van der Waals surface area (Å²) in [6.45, 7) is 8.93. The summed E-state index contributed by atoms with van der Waals surface area (Å²) in [6, 6.07) is -0.205. The van der Waals surface area contributed by atoms with Gasteiger partial charge < -0.3 is 14.4 Å². The number of carbonyl (C=O) groups is 2. The van der Waals surface area contributed by atoms with Gasteiger partial charge in [0.1, 0.15) is 11.9 Å². The van der Waals surface area contributed by atoms with Gasteiger partial charge in [-0.3, -0.25) is 9.59 Å². The van der Waals surface area contributed by atoms with E-state index >= 15 is 0 Å². The third-order valence-electron chi connectivity index (χ3n) is 4.33. The van der Waals surface area contributed by atoms with E-state index in [0.717, 1.165) is 5.82 Å². The lowest BCUT2D eigenvalue weighted by molar-refractivity contribution is -0.143. The molecule has 0 radical (unpaired) electrons. The Morgan fingerprint density at radius 1 is 1.21 bits per heavy atom. The van der Waals surface area contributed by atoms with Gasteiger partial charge in [0.25, 0.3) is 0 Å². The van der Waals surface area contributed by atoms with E-state index in [9.17, 15) is 9.59 Å². The van der Waals surface area contributed by atoms with E-state index < -0.39 is 0 Å². The van der Waals surface area contributed by atoms with Crippen molar-refractivity contribution in [3.63, 3.8) is 0 Å². The molecule has 130 valence electrons. The molecule has 2 heterocycles. The first-order valence-corrected chi connectivity index (χ1v) is 8.34. The monoisotopic (exact) mass is 330 g/mol. The third kappa shape index (κ3) is 4.13. The van der Waals surface area contributed by atoms with Crippen LogP contribution < -0.4 is 0 Å². The van der Waals surface area contributed by atoms with Crippen molar-refractivity contribution in [1.82, 2.24) is 19.4 Å². The smallest absolute Gasteiger partial charge is 0.223 e. The molecule has 24 heavy (non-hydrogen) atoms. The zero-order chi connectivity index (χ0) is 17.5. The van der Waals surface area contributed by atoms with Gasteiger partial charge in [0.05, 0.1) is 0 Å². The van der Waals surface area contributed by atoms with Crippen molar-refractivity contribution in [2.75, 3.05) is 19.6 Å². The fourth-order valence-corrected chi connectivity index (χ4v) is 2.98. The van der Waals surface area contributed by atoms with Gasteiger partial charge in [-0.1, -0.05) is 12.2 Å². The Balaban J connectivity index is 2.16. The summed E-state index contributed by atoms with van der Waals surface area (Å²) >= 11 is 0. The number of nitrogens with zero attached hydrogens (tertiary/aromatic N) is 4. The minimum atomic E-state index is -0.205. The first-order chi connectivity index (χ1) is 11.6. The molecule has 0 saturated carbocycles.